The number of hydrogen-bond donors (Lipinski definition) is 1. The van der Waals surface area contributed by atoms with Gasteiger partial charge in [-0.25, -0.2) is 17.8 Å². The predicted molar refractivity (Wildman–Crippen MR) is 118 cm³/mol. The van der Waals surface area contributed by atoms with Gasteiger partial charge in [-0.1, -0.05) is 35.5 Å². The topological polar surface area (TPSA) is 98.1 Å². The molecule has 0 spiro atoms. The molecule has 3 aromatic rings. The minimum absolute atomic E-state index is 0.0577. The van der Waals surface area contributed by atoms with Crippen molar-refractivity contribution in [3.63, 3.8) is 0 Å². The number of carbonyl (C=O) groups excluding carboxylic acids is 1. The van der Waals surface area contributed by atoms with Crippen molar-refractivity contribution in [2.24, 2.45) is 0 Å². The molecule has 1 amide bonds. The molecule has 7 nitrogen and oxygen atoms in total. The van der Waals surface area contributed by atoms with Gasteiger partial charge in [0.1, 0.15) is 5.82 Å². The highest BCUT2D eigenvalue weighted by molar-refractivity contribution is 7.99. The molecule has 1 N–H and O–H groups in total. The Hall–Kier alpha value is -2.43. The van der Waals surface area contributed by atoms with E-state index in [9.17, 15) is 22.4 Å². The van der Waals surface area contributed by atoms with Crippen LogP contribution in [0.1, 0.15) is 6.42 Å². The highest BCUT2D eigenvalue weighted by Gasteiger charge is 2.29. The van der Waals surface area contributed by atoms with Crippen LogP contribution < -0.4 is 10.9 Å². The third-order valence-electron chi connectivity index (χ3n) is 4.84. The average molecular weight is 482 g/mol. The van der Waals surface area contributed by atoms with Crippen LogP contribution in [-0.2, 0) is 14.6 Å². The maximum atomic E-state index is 13.6. The molecule has 2 heterocycles. The fourth-order valence-corrected chi connectivity index (χ4v) is 6.04. The van der Waals surface area contributed by atoms with E-state index in [4.69, 9.17) is 11.6 Å². The zero-order valence-corrected chi connectivity index (χ0v) is 18.4. The number of aromatic nitrogens is 2. The van der Waals surface area contributed by atoms with Gasteiger partial charge < -0.3 is 5.32 Å². The van der Waals surface area contributed by atoms with Crippen LogP contribution in [0, 0.1) is 5.82 Å². The fraction of sp³-hybridized carbons (Fsp3) is 0.250. The summed E-state index contributed by atoms with van der Waals surface area (Å²) in [5.74, 6) is -1.07. The molecule has 2 aromatic carbocycles. The Labute approximate surface area is 186 Å². The quantitative estimate of drug-likeness (QED) is 0.444. The number of thioether (sulfide) groups is 1. The number of sulfone groups is 1. The zero-order chi connectivity index (χ0) is 22.2. The summed E-state index contributed by atoms with van der Waals surface area (Å²) < 4.78 is 38.1. The number of para-hydroxylation sites is 1. The van der Waals surface area contributed by atoms with Crippen LogP contribution in [0.2, 0.25) is 5.02 Å². The van der Waals surface area contributed by atoms with Crippen LogP contribution in [0.5, 0.6) is 0 Å². The SMILES string of the molecule is O=C(CSc1nc2ccccc2c(=O)n1-c1ccc(F)c(Cl)c1)NC1CCS(=O)(=O)C1. The molecule has 11 heteroatoms. The van der Waals surface area contributed by atoms with Crippen molar-refractivity contribution >= 4 is 50.0 Å². The molecule has 1 atom stereocenters. The van der Waals surface area contributed by atoms with E-state index in [-0.39, 0.29) is 38.9 Å². The minimum atomic E-state index is -3.11. The Kier molecular flexibility index (Phi) is 6.05. The van der Waals surface area contributed by atoms with E-state index in [0.717, 1.165) is 17.8 Å². The van der Waals surface area contributed by atoms with E-state index < -0.39 is 21.7 Å². The lowest BCUT2D eigenvalue weighted by atomic mass is 10.2. The smallest absolute Gasteiger partial charge is 0.266 e. The van der Waals surface area contributed by atoms with Gasteiger partial charge in [-0.15, -0.1) is 0 Å². The first-order valence-electron chi connectivity index (χ1n) is 9.33. The van der Waals surface area contributed by atoms with E-state index in [1.807, 2.05) is 0 Å². The highest BCUT2D eigenvalue weighted by Crippen LogP contribution is 2.24. The molecule has 0 bridgehead atoms. The lowest BCUT2D eigenvalue weighted by Crippen LogP contribution is -2.36. The second-order valence-corrected chi connectivity index (χ2v) is 10.7. The van der Waals surface area contributed by atoms with Gasteiger partial charge in [0, 0.05) is 6.04 Å². The summed E-state index contributed by atoms with van der Waals surface area (Å²) >= 11 is 6.93. The van der Waals surface area contributed by atoms with Crippen LogP contribution in [-0.4, -0.2) is 47.2 Å². The van der Waals surface area contributed by atoms with Gasteiger partial charge in [-0.05, 0) is 36.8 Å². The fourth-order valence-electron chi connectivity index (χ4n) is 3.37. The molecule has 1 saturated heterocycles. The standard InChI is InChI=1S/C20H17ClFN3O4S2/c21-15-9-13(5-6-16(15)22)25-19(27)14-3-1-2-4-17(14)24-20(25)30-10-18(26)23-12-7-8-31(28,29)11-12/h1-6,9,12H,7-8,10-11H2,(H,23,26). The number of nitrogens with one attached hydrogen (secondary N) is 1. The van der Waals surface area contributed by atoms with Crippen LogP contribution in [0.3, 0.4) is 0 Å². The molecule has 0 aliphatic carbocycles. The van der Waals surface area contributed by atoms with Crippen LogP contribution >= 0.6 is 23.4 Å². The average Bonchev–Trinajstić information content (AvgIpc) is 3.07. The normalized spacial score (nSPS) is 17.7. The number of amides is 1. The Morgan fingerprint density at radius 3 is 2.77 bits per heavy atom. The molecule has 1 unspecified atom stereocenters. The highest BCUT2D eigenvalue weighted by atomic mass is 35.5. The molecule has 0 radical (unpaired) electrons. The summed E-state index contributed by atoms with van der Waals surface area (Å²) in [5, 5.41) is 3.17. The molecule has 1 aliphatic rings. The third-order valence-corrected chi connectivity index (χ3v) is 7.83. The van der Waals surface area contributed by atoms with Crippen LogP contribution in [0.25, 0.3) is 16.6 Å². The largest absolute Gasteiger partial charge is 0.352 e. The summed E-state index contributed by atoms with van der Waals surface area (Å²) in [4.78, 5) is 30.0. The molecule has 0 saturated carbocycles. The van der Waals surface area contributed by atoms with E-state index >= 15 is 0 Å². The molecular weight excluding hydrogens is 465 g/mol. The zero-order valence-electron chi connectivity index (χ0n) is 16.0. The van der Waals surface area contributed by atoms with E-state index in [1.165, 1.54) is 16.7 Å². The molecule has 4 rings (SSSR count). The van der Waals surface area contributed by atoms with Gasteiger partial charge in [0.05, 0.1) is 38.9 Å². The molecule has 162 valence electrons. The third kappa shape index (κ3) is 4.76. The first-order valence-corrected chi connectivity index (χ1v) is 12.5. The summed E-state index contributed by atoms with van der Waals surface area (Å²) in [7, 11) is -3.11. The van der Waals surface area contributed by atoms with E-state index in [1.54, 1.807) is 24.3 Å². The first-order chi connectivity index (χ1) is 14.7. The van der Waals surface area contributed by atoms with Gasteiger partial charge in [-0.3, -0.25) is 14.2 Å². The number of rotatable bonds is 5. The Morgan fingerprint density at radius 2 is 2.06 bits per heavy atom. The molecule has 1 aromatic heterocycles. The number of fused-ring (bicyclic) bond motifs is 1. The van der Waals surface area contributed by atoms with Crippen molar-refractivity contribution in [2.75, 3.05) is 17.3 Å². The number of halogens is 2. The monoisotopic (exact) mass is 481 g/mol. The predicted octanol–water partition coefficient (Wildman–Crippen LogP) is 2.57. The summed E-state index contributed by atoms with van der Waals surface area (Å²) in [5.41, 5.74) is 0.402. The maximum absolute atomic E-state index is 13.6. The Balaban J connectivity index is 1.65. The number of hydrogen-bond acceptors (Lipinski definition) is 6. The van der Waals surface area contributed by atoms with Gasteiger partial charge >= 0.3 is 0 Å². The van der Waals surface area contributed by atoms with Gasteiger partial charge in [0.15, 0.2) is 15.0 Å². The number of nitrogens with zero attached hydrogens (tertiary/aromatic N) is 2. The molecule has 1 fully saturated rings. The number of carbonyl (C=O) groups is 1. The van der Waals surface area contributed by atoms with Crippen molar-refractivity contribution in [3.8, 4) is 5.69 Å². The van der Waals surface area contributed by atoms with Crippen molar-refractivity contribution in [3.05, 3.63) is 63.7 Å². The minimum Gasteiger partial charge on any atom is -0.352 e. The summed E-state index contributed by atoms with van der Waals surface area (Å²) in [6, 6.07) is 10.2. The lowest BCUT2D eigenvalue weighted by Gasteiger charge is -2.14. The molecule has 31 heavy (non-hydrogen) atoms. The van der Waals surface area contributed by atoms with Gasteiger partial charge in [0.25, 0.3) is 5.56 Å². The lowest BCUT2D eigenvalue weighted by molar-refractivity contribution is -0.119. The summed E-state index contributed by atoms with van der Waals surface area (Å²) in [6.07, 6.45) is 0.381. The van der Waals surface area contributed by atoms with Crippen molar-refractivity contribution in [1.29, 1.82) is 0 Å². The van der Waals surface area contributed by atoms with E-state index in [2.05, 4.69) is 10.3 Å². The van der Waals surface area contributed by atoms with E-state index in [0.29, 0.717) is 23.0 Å². The van der Waals surface area contributed by atoms with Crippen LogP contribution in [0.4, 0.5) is 4.39 Å². The van der Waals surface area contributed by atoms with Crippen molar-refractivity contribution in [1.82, 2.24) is 14.9 Å². The Bertz CT molecular complexity index is 1340. The number of benzene rings is 2. The first kappa shape index (κ1) is 21.8. The molecular formula is C20H17ClFN3O4S2. The molecule has 1 aliphatic heterocycles. The summed E-state index contributed by atoms with van der Waals surface area (Å²) in [6.45, 7) is 0. The van der Waals surface area contributed by atoms with Gasteiger partial charge in [0.2, 0.25) is 5.91 Å². The second kappa shape index (κ2) is 8.60. The Morgan fingerprint density at radius 1 is 1.29 bits per heavy atom. The van der Waals surface area contributed by atoms with Crippen molar-refractivity contribution < 1.29 is 17.6 Å². The van der Waals surface area contributed by atoms with Crippen molar-refractivity contribution in [2.45, 2.75) is 17.6 Å². The van der Waals surface area contributed by atoms with Crippen LogP contribution in [0.15, 0.2) is 52.4 Å². The second-order valence-electron chi connectivity index (χ2n) is 7.11. The maximum Gasteiger partial charge on any atom is 0.266 e. The van der Waals surface area contributed by atoms with Gasteiger partial charge in [-0.2, -0.15) is 0 Å².